The number of nitrogens with zero attached hydrogens (tertiary/aromatic N) is 5. The highest BCUT2D eigenvalue weighted by molar-refractivity contribution is 5.94. The van der Waals surface area contributed by atoms with Gasteiger partial charge in [0.05, 0.1) is 30.3 Å². The smallest absolute Gasteiger partial charge is 0.275 e. The Labute approximate surface area is 225 Å². The number of hydrogen-bond donors (Lipinski definition) is 2. The first-order valence-corrected chi connectivity index (χ1v) is 13.6. The number of pyridine rings is 1. The minimum atomic E-state index is -0.463. The van der Waals surface area contributed by atoms with Crippen LogP contribution < -0.4 is 10.1 Å². The van der Waals surface area contributed by atoms with Crippen molar-refractivity contribution in [3.8, 4) is 34.3 Å². The van der Waals surface area contributed by atoms with E-state index in [2.05, 4.69) is 21.6 Å². The van der Waals surface area contributed by atoms with E-state index in [0.717, 1.165) is 77.9 Å². The minimum absolute atomic E-state index is 0.103. The quantitative estimate of drug-likeness (QED) is 0.402. The Morgan fingerprint density at radius 3 is 2.92 bits per heavy atom. The van der Waals surface area contributed by atoms with E-state index in [0.29, 0.717) is 30.0 Å². The van der Waals surface area contributed by atoms with Crippen molar-refractivity contribution in [2.24, 2.45) is 0 Å². The first kappa shape index (κ1) is 24.0. The average Bonchev–Trinajstić information content (AvgIpc) is 3.79. The lowest BCUT2D eigenvalue weighted by atomic mass is 9.96. The summed E-state index contributed by atoms with van der Waals surface area (Å²) in [7, 11) is 1.64. The van der Waals surface area contributed by atoms with Crippen molar-refractivity contribution in [1.82, 2.24) is 30.3 Å². The van der Waals surface area contributed by atoms with Crippen LogP contribution >= 0.6 is 0 Å². The number of methoxy groups -OCH3 is 1. The standard InChI is InChI=1S/C29H29N7O3/c1-38-24-12-22-28(32-26(24)20-5-2-4-18-16(13-30)7-8-19(18)20)27(34-33-22)21-15-36(29(37)23-6-3-11-39-23)35-25(21)17-9-10-31-14-17/h2,4-5,12,15-17,23,31H,3,6-11,14H2,1H3,(H,33,34). The van der Waals surface area contributed by atoms with Crippen LogP contribution in [0.5, 0.6) is 5.75 Å². The van der Waals surface area contributed by atoms with Crippen molar-refractivity contribution in [1.29, 1.82) is 5.26 Å². The summed E-state index contributed by atoms with van der Waals surface area (Å²) in [5.74, 6) is 0.557. The first-order valence-electron chi connectivity index (χ1n) is 13.6. The third-order valence-electron chi connectivity index (χ3n) is 8.28. The molecule has 1 aliphatic carbocycles. The molecule has 39 heavy (non-hydrogen) atoms. The predicted octanol–water partition coefficient (Wildman–Crippen LogP) is 3.95. The molecule has 4 aromatic rings. The van der Waals surface area contributed by atoms with Crippen molar-refractivity contribution in [2.45, 2.75) is 50.0 Å². The number of fused-ring (bicyclic) bond motifs is 2. The van der Waals surface area contributed by atoms with Gasteiger partial charge in [0.25, 0.3) is 5.91 Å². The van der Waals surface area contributed by atoms with Gasteiger partial charge in [-0.15, -0.1) is 0 Å². The van der Waals surface area contributed by atoms with Crippen LogP contribution in [0.3, 0.4) is 0 Å². The number of rotatable bonds is 5. The molecule has 7 rings (SSSR count). The lowest BCUT2D eigenvalue weighted by molar-refractivity contribution is 0.0537. The molecule has 10 nitrogen and oxygen atoms in total. The van der Waals surface area contributed by atoms with Crippen LogP contribution in [0, 0.1) is 11.3 Å². The Bertz CT molecular complexity index is 1620. The number of hydrogen-bond acceptors (Lipinski definition) is 8. The average molecular weight is 524 g/mol. The zero-order chi connectivity index (χ0) is 26.5. The number of carbonyl (C=O) groups is 1. The summed E-state index contributed by atoms with van der Waals surface area (Å²) in [5.41, 5.74) is 7.63. The second-order valence-corrected chi connectivity index (χ2v) is 10.5. The molecule has 2 saturated heterocycles. The number of ether oxygens (including phenoxy) is 2. The van der Waals surface area contributed by atoms with Gasteiger partial charge in [0.2, 0.25) is 0 Å². The third-order valence-corrected chi connectivity index (χ3v) is 8.28. The van der Waals surface area contributed by atoms with Crippen molar-refractivity contribution in [2.75, 3.05) is 26.8 Å². The fraction of sp³-hybridized carbons (Fsp3) is 0.414. The van der Waals surface area contributed by atoms with Gasteiger partial charge in [-0.25, -0.2) is 9.67 Å². The molecule has 3 aliphatic rings. The van der Waals surface area contributed by atoms with Crippen molar-refractivity contribution in [3.63, 3.8) is 0 Å². The van der Waals surface area contributed by atoms with Gasteiger partial charge in [0.15, 0.2) is 0 Å². The molecule has 5 heterocycles. The first-order chi connectivity index (χ1) is 19.2. The fourth-order valence-corrected chi connectivity index (χ4v) is 6.27. The molecule has 3 atom stereocenters. The molecular formula is C29H29N7O3. The Morgan fingerprint density at radius 2 is 2.15 bits per heavy atom. The van der Waals surface area contributed by atoms with Gasteiger partial charge in [-0.1, -0.05) is 18.2 Å². The van der Waals surface area contributed by atoms with E-state index in [1.807, 2.05) is 24.3 Å². The van der Waals surface area contributed by atoms with E-state index >= 15 is 0 Å². The van der Waals surface area contributed by atoms with E-state index < -0.39 is 6.10 Å². The molecule has 3 unspecified atom stereocenters. The summed E-state index contributed by atoms with van der Waals surface area (Å²) >= 11 is 0. The molecule has 0 saturated carbocycles. The summed E-state index contributed by atoms with van der Waals surface area (Å²) in [4.78, 5) is 18.3. The van der Waals surface area contributed by atoms with E-state index in [4.69, 9.17) is 19.6 Å². The minimum Gasteiger partial charge on any atom is -0.494 e. The highest BCUT2D eigenvalue weighted by Crippen LogP contribution is 2.42. The summed E-state index contributed by atoms with van der Waals surface area (Å²) in [5, 5.41) is 25.6. The molecule has 0 amide bonds. The van der Waals surface area contributed by atoms with Gasteiger partial charge in [0, 0.05) is 42.5 Å². The maximum Gasteiger partial charge on any atom is 0.275 e. The molecule has 1 aromatic carbocycles. The van der Waals surface area contributed by atoms with E-state index in [1.165, 1.54) is 4.68 Å². The van der Waals surface area contributed by atoms with E-state index in [-0.39, 0.29) is 17.7 Å². The summed E-state index contributed by atoms with van der Waals surface area (Å²) in [6.45, 7) is 2.30. The maximum absolute atomic E-state index is 13.2. The van der Waals surface area contributed by atoms with Gasteiger partial charge in [-0.05, 0) is 49.8 Å². The van der Waals surface area contributed by atoms with E-state index in [1.54, 1.807) is 13.3 Å². The monoisotopic (exact) mass is 523 g/mol. The van der Waals surface area contributed by atoms with Gasteiger partial charge in [-0.2, -0.15) is 15.5 Å². The van der Waals surface area contributed by atoms with Crippen LogP contribution in [0.15, 0.2) is 30.5 Å². The third kappa shape index (κ3) is 3.92. The number of carbonyl (C=O) groups excluding carboxylic acids is 1. The Kier molecular flexibility index (Phi) is 5.90. The molecule has 2 N–H and O–H groups in total. The lowest BCUT2D eigenvalue weighted by Gasteiger charge is -2.13. The highest BCUT2D eigenvalue weighted by atomic mass is 16.5. The maximum atomic E-state index is 13.2. The number of nitriles is 1. The Morgan fingerprint density at radius 1 is 1.23 bits per heavy atom. The number of aromatic nitrogens is 5. The van der Waals surface area contributed by atoms with Crippen LogP contribution in [-0.4, -0.2) is 63.8 Å². The summed E-state index contributed by atoms with van der Waals surface area (Å²) < 4.78 is 12.9. The second kappa shape index (κ2) is 9.59. The second-order valence-electron chi connectivity index (χ2n) is 10.5. The topological polar surface area (TPSA) is 131 Å². The zero-order valence-corrected chi connectivity index (χ0v) is 21.7. The molecule has 0 spiro atoms. The van der Waals surface area contributed by atoms with E-state index in [9.17, 15) is 10.1 Å². The number of aromatic amines is 1. The Hall–Kier alpha value is -4.07. The molecule has 198 valence electrons. The zero-order valence-electron chi connectivity index (χ0n) is 21.7. The van der Waals surface area contributed by atoms with Crippen LogP contribution in [0.2, 0.25) is 0 Å². The number of H-pyrrole nitrogens is 1. The number of benzene rings is 1. The number of nitrogens with one attached hydrogen (secondary N) is 2. The Balaban J connectivity index is 1.38. The van der Waals surface area contributed by atoms with Crippen molar-refractivity contribution in [3.05, 3.63) is 47.3 Å². The summed E-state index contributed by atoms with van der Waals surface area (Å²) in [6.07, 6.45) is 5.47. The molecule has 0 bridgehead atoms. The molecule has 0 radical (unpaired) electrons. The van der Waals surface area contributed by atoms with Crippen LogP contribution in [0.4, 0.5) is 0 Å². The van der Waals surface area contributed by atoms with Crippen molar-refractivity contribution < 1.29 is 14.3 Å². The fourth-order valence-electron chi connectivity index (χ4n) is 6.27. The molecule has 2 fully saturated rings. The molecule has 3 aromatic heterocycles. The lowest BCUT2D eigenvalue weighted by Crippen LogP contribution is -2.26. The SMILES string of the molecule is COc1cc2[nH]nc(-c3cn(C(=O)C4CCCO4)nc3C3CCNC3)c2nc1-c1cccc2c1CCC2C#N. The molecule has 10 heteroatoms. The normalized spacial score (nSPS) is 22.3. The predicted molar refractivity (Wildman–Crippen MR) is 144 cm³/mol. The van der Waals surface area contributed by atoms with Crippen LogP contribution in [0.1, 0.15) is 59.1 Å². The van der Waals surface area contributed by atoms with Crippen LogP contribution in [0.25, 0.3) is 33.5 Å². The van der Waals surface area contributed by atoms with Crippen LogP contribution in [-0.2, 0) is 11.2 Å². The molecule has 2 aliphatic heterocycles. The summed E-state index contributed by atoms with van der Waals surface area (Å²) in [6, 6.07) is 10.4. The van der Waals surface area contributed by atoms with Gasteiger partial charge >= 0.3 is 0 Å². The van der Waals surface area contributed by atoms with Crippen molar-refractivity contribution >= 4 is 16.9 Å². The largest absolute Gasteiger partial charge is 0.494 e. The van der Waals surface area contributed by atoms with Gasteiger partial charge in [-0.3, -0.25) is 9.89 Å². The molecular weight excluding hydrogens is 494 g/mol. The highest BCUT2D eigenvalue weighted by Gasteiger charge is 2.32. The van der Waals surface area contributed by atoms with Gasteiger partial charge < -0.3 is 14.8 Å². The van der Waals surface area contributed by atoms with Gasteiger partial charge in [0.1, 0.15) is 28.8 Å².